The van der Waals surface area contributed by atoms with Crippen LogP contribution < -0.4 is 4.90 Å². The third-order valence-electron chi connectivity index (χ3n) is 4.72. The van der Waals surface area contributed by atoms with E-state index in [0.29, 0.717) is 50.8 Å². The van der Waals surface area contributed by atoms with E-state index in [4.69, 9.17) is 0 Å². The molecular weight excluding hydrogens is 342 g/mol. The van der Waals surface area contributed by atoms with Gasteiger partial charge in [0, 0.05) is 45.3 Å². The molecule has 0 saturated carbocycles. The second-order valence-corrected chi connectivity index (χ2v) is 6.59. The van der Waals surface area contributed by atoms with Gasteiger partial charge in [0.25, 0.3) is 5.91 Å². The zero-order valence-electron chi connectivity index (χ0n) is 15.8. The van der Waals surface area contributed by atoms with Crippen molar-refractivity contribution >= 4 is 18.1 Å². The predicted molar refractivity (Wildman–Crippen MR) is 103 cm³/mol. The number of hydrogen-bond donors (Lipinski definition) is 0. The van der Waals surface area contributed by atoms with Gasteiger partial charge in [0.15, 0.2) is 0 Å². The number of nitrogens with zero attached hydrogens (tertiary/aromatic N) is 5. The van der Waals surface area contributed by atoms with Crippen molar-refractivity contribution in [1.29, 1.82) is 0 Å². The fourth-order valence-corrected chi connectivity index (χ4v) is 3.17. The number of hydrogen-bond acceptors (Lipinski definition) is 5. The van der Waals surface area contributed by atoms with Crippen LogP contribution in [0.5, 0.6) is 0 Å². The number of carbonyl (C=O) groups is 2. The third kappa shape index (κ3) is 4.61. The van der Waals surface area contributed by atoms with E-state index in [1.807, 2.05) is 37.3 Å². The standard InChI is InChI=1S/C20H25N5O2/c1-3-24(14-17-7-5-4-6-8-17)20(27)18-13-19(22-16(2)21-18)25-11-9-23(15-26)10-12-25/h4-8,13,15H,3,9-12,14H2,1-2H3. The maximum absolute atomic E-state index is 13.0. The number of piperazine rings is 1. The quantitative estimate of drug-likeness (QED) is 0.727. The molecule has 0 radical (unpaired) electrons. The normalized spacial score (nSPS) is 14.1. The summed E-state index contributed by atoms with van der Waals surface area (Å²) >= 11 is 0. The van der Waals surface area contributed by atoms with Gasteiger partial charge < -0.3 is 14.7 Å². The maximum atomic E-state index is 13.0. The first-order chi connectivity index (χ1) is 13.1. The highest BCUT2D eigenvalue weighted by Crippen LogP contribution is 2.17. The van der Waals surface area contributed by atoms with Crippen LogP contribution in [0, 0.1) is 6.92 Å². The average Bonchev–Trinajstić information content (AvgIpc) is 2.72. The lowest BCUT2D eigenvalue weighted by atomic mass is 10.2. The average molecular weight is 367 g/mol. The molecule has 0 N–H and O–H groups in total. The van der Waals surface area contributed by atoms with E-state index < -0.39 is 0 Å². The van der Waals surface area contributed by atoms with Crippen LogP contribution in [0.25, 0.3) is 0 Å². The van der Waals surface area contributed by atoms with Gasteiger partial charge in [-0.05, 0) is 19.4 Å². The smallest absolute Gasteiger partial charge is 0.272 e. The molecule has 0 bridgehead atoms. The molecule has 1 aromatic heterocycles. The van der Waals surface area contributed by atoms with Crippen LogP contribution in [0.2, 0.25) is 0 Å². The van der Waals surface area contributed by atoms with Gasteiger partial charge in [0.1, 0.15) is 17.3 Å². The van der Waals surface area contributed by atoms with Crippen LogP contribution in [-0.2, 0) is 11.3 Å². The van der Waals surface area contributed by atoms with Crippen LogP contribution in [-0.4, -0.2) is 64.8 Å². The summed E-state index contributed by atoms with van der Waals surface area (Å²) in [4.78, 5) is 38.4. The lowest BCUT2D eigenvalue weighted by Gasteiger charge is -2.33. The Morgan fingerprint density at radius 1 is 1.15 bits per heavy atom. The Morgan fingerprint density at radius 3 is 2.48 bits per heavy atom. The molecule has 7 nitrogen and oxygen atoms in total. The molecule has 27 heavy (non-hydrogen) atoms. The second-order valence-electron chi connectivity index (χ2n) is 6.59. The number of rotatable bonds is 6. The molecule has 1 aliphatic rings. The number of anilines is 1. The van der Waals surface area contributed by atoms with Crippen molar-refractivity contribution in [1.82, 2.24) is 19.8 Å². The van der Waals surface area contributed by atoms with Gasteiger partial charge in [-0.15, -0.1) is 0 Å². The monoisotopic (exact) mass is 367 g/mol. The summed E-state index contributed by atoms with van der Waals surface area (Å²) < 4.78 is 0. The Bertz CT molecular complexity index is 788. The molecule has 7 heteroatoms. The molecule has 1 aromatic carbocycles. The van der Waals surface area contributed by atoms with Crippen LogP contribution in [0.4, 0.5) is 5.82 Å². The van der Waals surface area contributed by atoms with Crippen molar-refractivity contribution < 1.29 is 9.59 Å². The maximum Gasteiger partial charge on any atom is 0.272 e. The number of aromatic nitrogens is 2. The van der Waals surface area contributed by atoms with E-state index in [-0.39, 0.29) is 5.91 Å². The summed E-state index contributed by atoms with van der Waals surface area (Å²) in [5.41, 5.74) is 1.50. The minimum Gasteiger partial charge on any atom is -0.353 e. The first kappa shape index (κ1) is 18.8. The molecule has 3 rings (SSSR count). The summed E-state index contributed by atoms with van der Waals surface area (Å²) in [6, 6.07) is 11.7. The van der Waals surface area contributed by atoms with Gasteiger partial charge >= 0.3 is 0 Å². The van der Waals surface area contributed by atoms with E-state index in [0.717, 1.165) is 17.8 Å². The van der Waals surface area contributed by atoms with Gasteiger partial charge in [0.05, 0.1) is 0 Å². The summed E-state index contributed by atoms with van der Waals surface area (Å²) in [7, 11) is 0. The molecule has 142 valence electrons. The molecule has 0 atom stereocenters. The van der Waals surface area contributed by atoms with Crippen molar-refractivity contribution in [3.05, 3.63) is 53.5 Å². The third-order valence-corrected chi connectivity index (χ3v) is 4.72. The van der Waals surface area contributed by atoms with Crippen molar-refractivity contribution in [3.8, 4) is 0 Å². The molecule has 0 spiro atoms. The zero-order chi connectivity index (χ0) is 19.2. The molecule has 1 aliphatic heterocycles. The lowest BCUT2D eigenvalue weighted by molar-refractivity contribution is -0.118. The SMILES string of the molecule is CCN(Cc1ccccc1)C(=O)c1cc(N2CCN(C=O)CC2)nc(C)n1. The largest absolute Gasteiger partial charge is 0.353 e. The lowest BCUT2D eigenvalue weighted by Crippen LogP contribution is -2.46. The predicted octanol–water partition coefficient (Wildman–Crippen LogP) is 1.73. The van der Waals surface area contributed by atoms with Gasteiger partial charge in [-0.3, -0.25) is 9.59 Å². The Kier molecular flexibility index (Phi) is 6.01. The van der Waals surface area contributed by atoms with E-state index >= 15 is 0 Å². The van der Waals surface area contributed by atoms with E-state index in [1.54, 1.807) is 22.8 Å². The fourth-order valence-electron chi connectivity index (χ4n) is 3.17. The molecule has 1 fully saturated rings. The van der Waals surface area contributed by atoms with Gasteiger partial charge in [0.2, 0.25) is 6.41 Å². The number of benzene rings is 1. The molecular formula is C20H25N5O2. The fraction of sp³-hybridized carbons (Fsp3) is 0.400. The van der Waals surface area contributed by atoms with Gasteiger partial charge in [-0.1, -0.05) is 30.3 Å². The molecule has 0 unspecified atom stereocenters. The Labute approximate surface area is 159 Å². The first-order valence-corrected chi connectivity index (χ1v) is 9.24. The molecule has 2 aromatic rings. The van der Waals surface area contributed by atoms with E-state index in [1.165, 1.54) is 0 Å². The first-order valence-electron chi connectivity index (χ1n) is 9.24. The molecule has 0 aliphatic carbocycles. The van der Waals surface area contributed by atoms with Crippen molar-refractivity contribution in [3.63, 3.8) is 0 Å². The number of amides is 2. The Balaban J connectivity index is 1.78. The van der Waals surface area contributed by atoms with Crippen LogP contribution in [0.15, 0.2) is 36.4 Å². The number of aryl methyl sites for hydroxylation is 1. The zero-order valence-corrected chi connectivity index (χ0v) is 15.8. The molecule has 1 saturated heterocycles. The molecule has 2 amide bonds. The highest BCUT2D eigenvalue weighted by atomic mass is 16.2. The second kappa shape index (κ2) is 8.62. The summed E-state index contributed by atoms with van der Waals surface area (Å²) in [5, 5.41) is 0. The van der Waals surface area contributed by atoms with Crippen LogP contribution in [0.1, 0.15) is 28.8 Å². The Hall–Kier alpha value is -2.96. The highest BCUT2D eigenvalue weighted by molar-refractivity contribution is 5.93. The minimum atomic E-state index is -0.0976. The van der Waals surface area contributed by atoms with Crippen LogP contribution in [0.3, 0.4) is 0 Å². The van der Waals surface area contributed by atoms with E-state index in [2.05, 4.69) is 14.9 Å². The summed E-state index contributed by atoms with van der Waals surface area (Å²) in [6.45, 7) is 7.63. The summed E-state index contributed by atoms with van der Waals surface area (Å²) in [6.07, 6.45) is 0.875. The van der Waals surface area contributed by atoms with Gasteiger partial charge in [-0.25, -0.2) is 9.97 Å². The highest BCUT2D eigenvalue weighted by Gasteiger charge is 2.21. The number of carbonyl (C=O) groups excluding carboxylic acids is 2. The summed E-state index contributed by atoms with van der Waals surface area (Å²) in [5.74, 6) is 1.22. The van der Waals surface area contributed by atoms with Gasteiger partial charge in [-0.2, -0.15) is 0 Å². The topological polar surface area (TPSA) is 69.6 Å². The van der Waals surface area contributed by atoms with Crippen molar-refractivity contribution in [2.75, 3.05) is 37.6 Å². The van der Waals surface area contributed by atoms with Crippen molar-refractivity contribution in [2.45, 2.75) is 20.4 Å². The molecule has 2 heterocycles. The Morgan fingerprint density at radius 2 is 1.85 bits per heavy atom. The van der Waals surface area contributed by atoms with Crippen LogP contribution >= 0.6 is 0 Å². The van der Waals surface area contributed by atoms with Crippen molar-refractivity contribution in [2.24, 2.45) is 0 Å². The minimum absolute atomic E-state index is 0.0976. The van der Waals surface area contributed by atoms with E-state index in [9.17, 15) is 9.59 Å².